The molecule has 23 heavy (non-hydrogen) atoms. The van der Waals surface area contributed by atoms with Crippen molar-refractivity contribution in [3.05, 3.63) is 30.1 Å². The maximum Gasteiger partial charge on any atom is 0.532 e. The van der Waals surface area contributed by atoms with Crippen LogP contribution in [0.25, 0.3) is 0 Å². The van der Waals surface area contributed by atoms with Crippen LogP contribution in [-0.4, -0.2) is 18.1 Å². The van der Waals surface area contributed by atoms with Gasteiger partial charge in [0.1, 0.15) is 17.1 Å². The number of nitrogens with one attached hydrogen (secondary N) is 1. The molecule has 6 nitrogen and oxygen atoms in total. The Morgan fingerprint density at radius 2 is 1.96 bits per heavy atom. The van der Waals surface area contributed by atoms with Crippen LogP contribution in [0.2, 0.25) is 0 Å². The summed E-state index contributed by atoms with van der Waals surface area (Å²) >= 11 is 5.71. The second-order valence-corrected chi connectivity index (χ2v) is 7.65. The zero-order chi connectivity index (χ0) is 16.9. The van der Waals surface area contributed by atoms with Gasteiger partial charge >= 0.3 is 12.9 Å². The third-order valence-corrected chi connectivity index (χ3v) is 4.71. The summed E-state index contributed by atoms with van der Waals surface area (Å²) in [7, 11) is 0. The zero-order valence-electron chi connectivity index (χ0n) is 12.6. The number of carbonyl (C=O) groups is 1. The number of benzene rings is 1. The number of hydroxylamine groups is 1. The molecule has 1 aliphatic carbocycles. The molecule has 128 valence electrons. The first-order valence-electron chi connectivity index (χ1n) is 7.25. The van der Waals surface area contributed by atoms with Crippen molar-refractivity contribution in [3.63, 3.8) is 0 Å². The van der Waals surface area contributed by atoms with Crippen LogP contribution in [0.1, 0.15) is 32.6 Å². The van der Waals surface area contributed by atoms with E-state index in [1.54, 1.807) is 6.92 Å². The fourth-order valence-electron chi connectivity index (χ4n) is 2.36. The normalized spacial score (nSPS) is 19.1. The number of carbonyl (C=O) groups excluding carboxylic acids is 1. The van der Waals surface area contributed by atoms with Gasteiger partial charge in [0.25, 0.3) is 0 Å². The van der Waals surface area contributed by atoms with Crippen molar-refractivity contribution in [2.75, 3.05) is 6.61 Å². The molecule has 1 N–H and O–H groups in total. The van der Waals surface area contributed by atoms with E-state index in [2.05, 4.69) is 5.48 Å². The molecule has 1 fully saturated rings. The molecule has 0 bridgehead atoms. The molecule has 1 unspecified atom stereocenters. The van der Waals surface area contributed by atoms with E-state index < -0.39 is 24.3 Å². The second-order valence-electron chi connectivity index (χ2n) is 5.18. The highest BCUT2D eigenvalue weighted by molar-refractivity contribution is 7.82. The summed E-state index contributed by atoms with van der Waals surface area (Å²) in [4.78, 5) is 17.5. The molecule has 0 spiro atoms. The van der Waals surface area contributed by atoms with Gasteiger partial charge < -0.3 is 13.9 Å². The predicted molar refractivity (Wildman–Crippen MR) is 82.5 cm³/mol. The molecule has 1 aromatic carbocycles. The minimum atomic E-state index is -4.21. The number of hydrogen-bond donors (Lipinski definition) is 1. The topological polar surface area (TPSA) is 73.9 Å². The van der Waals surface area contributed by atoms with Crippen molar-refractivity contribution in [2.24, 2.45) is 0 Å². The molecule has 9 heteroatoms. The van der Waals surface area contributed by atoms with Crippen molar-refractivity contribution in [2.45, 2.75) is 38.1 Å². The second kappa shape index (κ2) is 7.62. The molecule has 0 aromatic heterocycles. The van der Waals surface area contributed by atoms with E-state index in [1.165, 1.54) is 12.1 Å². The van der Waals surface area contributed by atoms with Crippen LogP contribution in [0.4, 0.5) is 4.39 Å². The Bertz CT molecular complexity index is 591. The average Bonchev–Trinajstić information content (AvgIpc) is 2.97. The van der Waals surface area contributed by atoms with Gasteiger partial charge in [-0.1, -0.05) is 12.8 Å². The lowest BCUT2D eigenvalue weighted by molar-refractivity contribution is -0.149. The molecular formula is C14H18ClFNO5P. The third-order valence-electron chi connectivity index (χ3n) is 3.48. The van der Waals surface area contributed by atoms with Crippen molar-refractivity contribution in [3.8, 4) is 5.75 Å². The van der Waals surface area contributed by atoms with Crippen LogP contribution in [0.15, 0.2) is 24.3 Å². The van der Waals surface area contributed by atoms with Crippen LogP contribution in [0.5, 0.6) is 5.75 Å². The minimum absolute atomic E-state index is 0.0378. The molecule has 1 atom stereocenters. The van der Waals surface area contributed by atoms with E-state index in [0.717, 1.165) is 25.0 Å². The van der Waals surface area contributed by atoms with E-state index in [9.17, 15) is 13.8 Å². The Kier molecular flexibility index (Phi) is 6.03. The van der Waals surface area contributed by atoms with Gasteiger partial charge in [0, 0.05) is 11.2 Å². The Hall–Kier alpha value is -1.14. The van der Waals surface area contributed by atoms with E-state index in [1.807, 2.05) is 0 Å². The SMILES string of the molecule is CCONC1(C(=O)OP(=O)(Cl)Oc2ccc(F)cc2)CCCC1. The summed E-state index contributed by atoms with van der Waals surface area (Å²) in [6, 6.07) is 4.70. The molecule has 1 saturated carbocycles. The van der Waals surface area contributed by atoms with Crippen LogP contribution in [0, 0.1) is 5.82 Å². The number of halogens is 2. The van der Waals surface area contributed by atoms with Crippen LogP contribution in [-0.2, 0) is 18.7 Å². The molecule has 0 radical (unpaired) electrons. The summed E-state index contributed by atoms with van der Waals surface area (Å²) in [6.07, 6.45) is 2.58. The minimum Gasteiger partial charge on any atom is -0.405 e. The maximum absolute atomic E-state index is 12.8. The van der Waals surface area contributed by atoms with Gasteiger partial charge in [-0.05, 0) is 44.0 Å². The highest BCUT2D eigenvalue weighted by Gasteiger charge is 2.46. The van der Waals surface area contributed by atoms with E-state index >= 15 is 0 Å². The Labute approximate surface area is 138 Å². The van der Waals surface area contributed by atoms with E-state index in [-0.39, 0.29) is 5.75 Å². The fourth-order valence-corrected chi connectivity index (χ4v) is 3.57. The number of rotatable bonds is 7. The lowest BCUT2D eigenvalue weighted by atomic mass is 10.00. The number of hydrogen-bond acceptors (Lipinski definition) is 6. The summed E-state index contributed by atoms with van der Waals surface area (Å²) in [6.45, 7) is -2.08. The molecule has 0 saturated heterocycles. The summed E-state index contributed by atoms with van der Waals surface area (Å²) in [5.74, 6) is -1.23. The van der Waals surface area contributed by atoms with E-state index in [0.29, 0.717) is 19.4 Å². The van der Waals surface area contributed by atoms with Crippen molar-refractivity contribution >= 4 is 24.2 Å². The fraction of sp³-hybridized carbons (Fsp3) is 0.500. The van der Waals surface area contributed by atoms with Crippen molar-refractivity contribution in [1.29, 1.82) is 0 Å². The van der Waals surface area contributed by atoms with Gasteiger partial charge in [0.05, 0.1) is 6.61 Å². The third kappa shape index (κ3) is 4.91. The first kappa shape index (κ1) is 18.2. The van der Waals surface area contributed by atoms with Gasteiger partial charge in [-0.2, -0.15) is 5.48 Å². The van der Waals surface area contributed by atoms with Gasteiger partial charge in [-0.3, -0.25) is 0 Å². The first-order chi connectivity index (χ1) is 10.9. The first-order valence-corrected chi connectivity index (χ1v) is 9.69. The van der Waals surface area contributed by atoms with Crippen LogP contribution < -0.4 is 10.0 Å². The smallest absolute Gasteiger partial charge is 0.405 e. The quantitative estimate of drug-likeness (QED) is 0.582. The molecule has 1 aliphatic rings. The Morgan fingerprint density at radius 3 is 2.52 bits per heavy atom. The van der Waals surface area contributed by atoms with Gasteiger partial charge in [0.15, 0.2) is 0 Å². The molecule has 2 rings (SSSR count). The lowest BCUT2D eigenvalue weighted by Gasteiger charge is -2.27. The lowest BCUT2D eigenvalue weighted by Crippen LogP contribution is -2.50. The highest BCUT2D eigenvalue weighted by Crippen LogP contribution is 2.54. The monoisotopic (exact) mass is 365 g/mol. The van der Waals surface area contributed by atoms with Gasteiger partial charge in [-0.15, -0.1) is 0 Å². The predicted octanol–water partition coefficient (Wildman–Crippen LogP) is 3.95. The van der Waals surface area contributed by atoms with Crippen LogP contribution in [0.3, 0.4) is 0 Å². The van der Waals surface area contributed by atoms with Crippen molar-refractivity contribution < 1.29 is 27.6 Å². The maximum atomic E-state index is 12.8. The zero-order valence-corrected chi connectivity index (χ0v) is 14.2. The summed E-state index contributed by atoms with van der Waals surface area (Å²) in [5.41, 5.74) is 1.60. The summed E-state index contributed by atoms with van der Waals surface area (Å²) in [5, 5.41) is 0. The highest BCUT2D eigenvalue weighted by atomic mass is 35.7. The summed E-state index contributed by atoms with van der Waals surface area (Å²) < 4.78 is 34.9. The Balaban J connectivity index is 2.04. The van der Waals surface area contributed by atoms with Crippen molar-refractivity contribution in [1.82, 2.24) is 5.48 Å². The molecule has 0 amide bonds. The standard InChI is InChI=1S/C14H18ClFNO5P/c1-2-20-17-14(9-3-4-10-14)13(18)22-23(15,19)21-12-7-5-11(16)6-8-12/h5-8,17H,2-4,9-10H2,1H3. The largest absolute Gasteiger partial charge is 0.532 e. The molecule has 0 heterocycles. The van der Waals surface area contributed by atoms with Gasteiger partial charge in [-0.25, -0.2) is 13.8 Å². The van der Waals surface area contributed by atoms with E-state index in [4.69, 9.17) is 25.1 Å². The Morgan fingerprint density at radius 1 is 1.35 bits per heavy atom. The molecule has 1 aromatic rings. The van der Waals surface area contributed by atoms with Crippen LogP contribution >= 0.6 is 18.2 Å². The molecule has 0 aliphatic heterocycles. The van der Waals surface area contributed by atoms with Gasteiger partial charge in [0.2, 0.25) is 0 Å². The average molecular weight is 366 g/mol. The molecular weight excluding hydrogens is 348 g/mol.